The highest BCUT2D eigenvalue weighted by Gasteiger charge is 2.26. The van der Waals surface area contributed by atoms with Crippen molar-refractivity contribution in [2.24, 2.45) is 24.1 Å². The summed E-state index contributed by atoms with van der Waals surface area (Å²) in [6.07, 6.45) is 0. The Kier molecular flexibility index (Phi) is 2.89. The number of nitrogens with zero attached hydrogens (tertiary/aromatic N) is 6. The van der Waals surface area contributed by atoms with Gasteiger partial charge in [-0.15, -0.1) is 0 Å². The van der Waals surface area contributed by atoms with Crippen LogP contribution in [0.1, 0.15) is 0 Å². The molecule has 1 aromatic rings. The van der Waals surface area contributed by atoms with Crippen LogP contribution >= 0.6 is 0 Å². The minimum absolute atomic E-state index is 0.253. The molecule has 0 spiro atoms. The molecular formula is C12H17N6O2+. The lowest BCUT2D eigenvalue weighted by Crippen LogP contribution is -2.55. The van der Waals surface area contributed by atoms with Crippen molar-refractivity contribution in [1.82, 2.24) is 14.0 Å². The van der Waals surface area contributed by atoms with Gasteiger partial charge in [0.25, 0.3) is 10.8 Å². The van der Waals surface area contributed by atoms with E-state index in [2.05, 4.69) is 21.9 Å². The van der Waals surface area contributed by atoms with Crippen LogP contribution in [0.15, 0.2) is 19.6 Å². The van der Waals surface area contributed by atoms with E-state index >= 15 is 0 Å². The third-order valence-corrected chi connectivity index (χ3v) is 3.81. The average Bonchev–Trinajstić information content (AvgIpc) is 2.89. The van der Waals surface area contributed by atoms with Crippen LogP contribution in [0, 0.1) is 0 Å². The number of hydrogen-bond acceptors (Lipinski definition) is 3. The molecule has 0 atom stereocenters. The van der Waals surface area contributed by atoms with E-state index in [1.54, 1.807) is 7.05 Å². The molecule has 8 nitrogen and oxygen atoms in total. The van der Waals surface area contributed by atoms with Gasteiger partial charge in [-0.05, 0) is 12.0 Å². The van der Waals surface area contributed by atoms with E-state index < -0.39 is 5.56 Å². The first-order chi connectivity index (χ1) is 9.49. The van der Waals surface area contributed by atoms with Crippen molar-refractivity contribution in [3.8, 4) is 0 Å². The van der Waals surface area contributed by atoms with E-state index in [-0.39, 0.29) is 11.0 Å². The third kappa shape index (κ3) is 1.83. The highest BCUT2D eigenvalue weighted by atomic mass is 16.2. The Morgan fingerprint density at radius 1 is 1.00 bits per heavy atom. The van der Waals surface area contributed by atoms with Gasteiger partial charge in [0.2, 0.25) is 0 Å². The molecule has 0 N–H and O–H groups in total. The molecule has 1 fully saturated rings. The Morgan fingerprint density at radius 2 is 1.65 bits per heavy atom. The van der Waals surface area contributed by atoms with Crippen LogP contribution in [0.25, 0.3) is 0 Å². The van der Waals surface area contributed by atoms with Gasteiger partial charge in [-0.25, -0.2) is 4.79 Å². The molecule has 0 saturated carbocycles. The molecule has 106 valence electrons. The van der Waals surface area contributed by atoms with Crippen molar-refractivity contribution >= 4 is 5.96 Å². The molecule has 0 amide bonds. The van der Waals surface area contributed by atoms with Crippen molar-refractivity contribution in [2.75, 3.05) is 33.2 Å². The molecule has 0 radical (unpaired) electrons. The summed E-state index contributed by atoms with van der Waals surface area (Å²) in [5.41, 5.74) is -0.421. The highest BCUT2D eigenvalue weighted by Crippen LogP contribution is 1.96. The Morgan fingerprint density at radius 3 is 2.30 bits per heavy atom. The third-order valence-electron chi connectivity index (χ3n) is 3.81. The molecule has 20 heavy (non-hydrogen) atoms. The summed E-state index contributed by atoms with van der Waals surface area (Å²) in [5.74, 6) is 0.534. The first-order valence-electron chi connectivity index (χ1n) is 6.53. The monoisotopic (exact) mass is 277 g/mol. The van der Waals surface area contributed by atoms with Crippen LogP contribution in [0.5, 0.6) is 0 Å². The lowest BCUT2D eigenvalue weighted by molar-refractivity contribution is -0.540. The predicted octanol–water partition coefficient (Wildman–Crippen LogP) is -3.35. The summed E-state index contributed by atoms with van der Waals surface area (Å²) in [6, 6.07) is 0. The van der Waals surface area contributed by atoms with Crippen molar-refractivity contribution < 1.29 is 4.58 Å². The zero-order valence-electron chi connectivity index (χ0n) is 11.8. The topological polar surface area (TPSA) is 75.0 Å². The van der Waals surface area contributed by atoms with Gasteiger partial charge in [0.15, 0.2) is 0 Å². The fourth-order valence-electron chi connectivity index (χ4n) is 2.41. The summed E-state index contributed by atoms with van der Waals surface area (Å²) >= 11 is 0. The maximum absolute atomic E-state index is 12.1. The molecule has 0 unspecified atom stereocenters. The molecule has 0 aliphatic carbocycles. The number of guanidine groups is 1. The largest absolute Gasteiger partial charge is 0.431 e. The molecule has 3 heterocycles. The number of hydrogen-bond donors (Lipinski definition) is 0. The van der Waals surface area contributed by atoms with E-state index in [1.807, 2.05) is 4.58 Å². The van der Waals surface area contributed by atoms with Gasteiger partial charge in [0, 0.05) is 27.2 Å². The fourth-order valence-corrected chi connectivity index (χ4v) is 2.41. The molecular weight excluding hydrogens is 260 g/mol. The number of aromatic nitrogens is 2. The Balaban J connectivity index is 2.23. The van der Waals surface area contributed by atoms with Crippen molar-refractivity contribution in [1.29, 1.82) is 0 Å². The van der Waals surface area contributed by atoms with Gasteiger partial charge >= 0.3 is 17.2 Å². The fraction of sp³-hybridized carbons (Fsp3) is 0.583. The smallest absolute Gasteiger partial charge is 0.300 e. The van der Waals surface area contributed by atoms with Crippen LogP contribution in [-0.4, -0.2) is 57.8 Å². The number of piperazine rings is 1. The molecule has 2 aliphatic heterocycles. The molecule has 8 heteroatoms. The molecule has 0 bridgehead atoms. The van der Waals surface area contributed by atoms with Crippen LogP contribution in [0.4, 0.5) is 0 Å². The Labute approximate surface area is 114 Å². The molecule has 3 rings (SSSR count). The van der Waals surface area contributed by atoms with Crippen LogP contribution in [0.3, 0.4) is 0 Å². The van der Waals surface area contributed by atoms with E-state index in [9.17, 15) is 9.59 Å². The van der Waals surface area contributed by atoms with Crippen molar-refractivity contribution in [3.63, 3.8) is 0 Å². The summed E-state index contributed by atoms with van der Waals surface area (Å²) in [6.45, 7) is 3.51. The summed E-state index contributed by atoms with van der Waals surface area (Å²) in [7, 11) is 5.13. The zero-order valence-corrected chi connectivity index (χ0v) is 11.8. The van der Waals surface area contributed by atoms with Crippen molar-refractivity contribution in [3.05, 3.63) is 31.7 Å². The zero-order chi connectivity index (χ0) is 14.4. The predicted molar refractivity (Wildman–Crippen MR) is 71.7 cm³/mol. The van der Waals surface area contributed by atoms with Gasteiger partial charge in [0.05, 0.1) is 13.1 Å². The van der Waals surface area contributed by atoms with E-state index in [0.29, 0.717) is 11.4 Å². The van der Waals surface area contributed by atoms with Gasteiger partial charge in [-0.1, -0.05) is 4.99 Å². The normalized spacial score (nSPS) is 18.8. The summed E-state index contributed by atoms with van der Waals surface area (Å²) < 4.78 is 4.47. The average molecular weight is 277 g/mol. The maximum atomic E-state index is 12.1. The minimum atomic E-state index is -0.393. The van der Waals surface area contributed by atoms with E-state index in [1.165, 1.54) is 11.6 Å². The van der Waals surface area contributed by atoms with Crippen LogP contribution in [0.2, 0.25) is 0 Å². The van der Waals surface area contributed by atoms with Crippen LogP contribution in [-0.2, 0) is 14.1 Å². The summed E-state index contributed by atoms with van der Waals surface area (Å²) in [4.78, 5) is 34.9. The summed E-state index contributed by atoms with van der Waals surface area (Å²) in [5, 5.41) is 0.253. The number of likely N-dealkylation sites (N-methyl/N-ethyl adjacent to an activating group) is 1. The second-order valence-corrected chi connectivity index (χ2v) is 5.19. The molecule has 1 saturated heterocycles. The lowest BCUT2D eigenvalue weighted by atomic mass is 10.4. The first kappa shape index (κ1) is 12.9. The molecule has 2 aliphatic rings. The second-order valence-electron chi connectivity index (χ2n) is 5.19. The lowest BCUT2D eigenvalue weighted by Gasteiger charge is -2.23. The van der Waals surface area contributed by atoms with Gasteiger partial charge in [-0.3, -0.25) is 18.5 Å². The quantitative estimate of drug-likeness (QED) is 0.465. The number of rotatable bonds is 0. The van der Waals surface area contributed by atoms with E-state index in [4.69, 9.17) is 0 Å². The van der Waals surface area contributed by atoms with Gasteiger partial charge < -0.3 is 4.90 Å². The standard InChI is InChI=1S/C12H17N6O2/c1-15-4-6-18(7-5-15)11-13-8-9(14-11)16(2)12(20)17(3)10(8)19/h4-7H2,1-3H3/q+1. The Bertz CT molecular complexity index is 834. The highest BCUT2D eigenvalue weighted by molar-refractivity contribution is 5.78. The Hall–Kier alpha value is -2.09. The van der Waals surface area contributed by atoms with Gasteiger partial charge in [-0.2, -0.15) is 0 Å². The van der Waals surface area contributed by atoms with Crippen LogP contribution < -0.4 is 22.1 Å². The molecule has 1 aromatic heterocycles. The first-order valence-corrected chi connectivity index (χ1v) is 6.53. The minimum Gasteiger partial charge on any atom is -0.300 e. The van der Waals surface area contributed by atoms with E-state index in [0.717, 1.165) is 30.7 Å². The SMILES string of the molecule is CN1CC[N+](=C2N=c3c(=O)n(C)c(=O)n(C)c3=N2)CC1. The maximum Gasteiger partial charge on any atom is 0.431 e. The second kappa shape index (κ2) is 4.48. The van der Waals surface area contributed by atoms with Crippen molar-refractivity contribution in [2.45, 2.75) is 0 Å². The number of fused-ring (bicyclic) bond motifs is 1. The molecule has 0 aromatic carbocycles. The van der Waals surface area contributed by atoms with Gasteiger partial charge in [0.1, 0.15) is 0 Å².